The molecule has 0 amide bonds. The summed E-state index contributed by atoms with van der Waals surface area (Å²) < 4.78 is 30.8. The molecule has 0 aromatic heterocycles. The predicted molar refractivity (Wildman–Crippen MR) is 87.7 cm³/mol. The molecule has 0 radical (unpaired) electrons. The van der Waals surface area contributed by atoms with Crippen molar-refractivity contribution in [2.24, 2.45) is 0 Å². The SMILES string of the molecule is O=S(=O)(O)CCCP(C1CCCCC1)C1CCCCC1.[H-].[Na+]. The standard InChI is InChI=1S/C15H29O3PS.Na.H/c16-20(17,18)13-7-12-19(14-8-3-1-4-9-14)15-10-5-2-6-11-15;;/h14-15H,1-13H2,(H,16,17,18);;/q;+1;-1. The molecule has 1 N–H and O–H groups in total. The third kappa shape index (κ3) is 7.63. The van der Waals surface area contributed by atoms with Crippen molar-refractivity contribution in [2.45, 2.75) is 81.9 Å². The zero-order valence-electron chi connectivity index (χ0n) is 14.5. The fraction of sp³-hybridized carbons (Fsp3) is 1.00. The molecule has 120 valence electrons. The Bertz CT molecular complexity index is 364. The molecule has 2 fully saturated rings. The molecule has 0 spiro atoms. The van der Waals surface area contributed by atoms with Gasteiger partial charge in [-0.1, -0.05) is 38.5 Å². The Morgan fingerprint density at radius 1 is 0.905 bits per heavy atom. The van der Waals surface area contributed by atoms with Gasteiger partial charge in [0.2, 0.25) is 0 Å². The first-order valence-corrected chi connectivity index (χ1v) is 11.5. The van der Waals surface area contributed by atoms with Gasteiger partial charge in [0.25, 0.3) is 10.1 Å². The Labute approximate surface area is 155 Å². The fourth-order valence-corrected chi connectivity index (χ4v) is 8.55. The second-order valence-corrected chi connectivity index (χ2v) is 11.0. The van der Waals surface area contributed by atoms with Crippen molar-refractivity contribution >= 4 is 18.0 Å². The Kier molecular flexibility index (Phi) is 9.96. The molecular formula is C15H30NaO3PS. The number of hydrogen-bond acceptors (Lipinski definition) is 2. The molecule has 0 aromatic carbocycles. The van der Waals surface area contributed by atoms with E-state index in [-0.39, 0.29) is 44.7 Å². The molecule has 2 aliphatic carbocycles. The third-order valence-electron chi connectivity index (χ3n) is 4.91. The number of hydrogen-bond donors (Lipinski definition) is 1. The first-order chi connectivity index (χ1) is 9.56. The molecule has 0 unspecified atom stereocenters. The van der Waals surface area contributed by atoms with Gasteiger partial charge in [0.1, 0.15) is 0 Å². The second kappa shape index (κ2) is 10.3. The normalized spacial score (nSPS) is 22.2. The molecule has 2 rings (SSSR count). The molecule has 0 aromatic rings. The van der Waals surface area contributed by atoms with Gasteiger partial charge in [0.05, 0.1) is 5.75 Å². The van der Waals surface area contributed by atoms with Crippen LogP contribution in [-0.2, 0) is 10.1 Å². The monoisotopic (exact) mass is 344 g/mol. The van der Waals surface area contributed by atoms with E-state index in [4.69, 9.17) is 4.55 Å². The molecule has 0 aliphatic heterocycles. The average Bonchev–Trinajstić information content (AvgIpc) is 2.44. The van der Waals surface area contributed by atoms with Crippen LogP contribution in [0.1, 0.15) is 72.1 Å². The van der Waals surface area contributed by atoms with E-state index >= 15 is 0 Å². The van der Waals surface area contributed by atoms with Gasteiger partial charge in [-0.25, -0.2) is 0 Å². The van der Waals surface area contributed by atoms with Crippen LogP contribution in [0.3, 0.4) is 0 Å². The zero-order valence-corrected chi connectivity index (χ0v) is 17.2. The maximum Gasteiger partial charge on any atom is 1.00 e. The largest absolute Gasteiger partial charge is 1.00 e. The fourth-order valence-electron chi connectivity index (χ4n) is 3.92. The molecule has 0 saturated heterocycles. The summed E-state index contributed by atoms with van der Waals surface area (Å²) in [7, 11) is -3.80. The smallest absolute Gasteiger partial charge is 1.00 e. The van der Waals surface area contributed by atoms with E-state index in [9.17, 15) is 8.42 Å². The summed E-state index contributed by atoms with van der Waals surface area (Å²) >= 11 is 0. The van der Waals surface area contributed by atoms with Gasteiger partial charge in [-0.15, -0.1) is 7.92 Å². The van der Waals surface area contributed by atoms with Crippen LogP contribution in [0.25, 0.3) is 0 Å². The van der Waals surface area contributed by atoms with Crippen LogP contribution in [0.15, 0.2) is 0 Å². The molecule has 2 aliphatic rings. The predicted octanol–water partition coefficient (Wildman–Crippen LogP) is 1.53. The maximum absolute atomic E-state index is 10.9. The summed E-state index contributed by atoms with van der Waals surface area (Å²) in [4.78, 5) is 0. The first-order valence-electron chi connectivity index (χ1n) is 8.27. The molecule has 3 nitrogen and oxygen atoms in total. The quantitative estimate of drug-likeness (QED) is 0.452. The van der Waals surface area contributed by atoms with Crippen molar-refractivity contribution in [1.82, 2.24) is 0 Å². The number of rotatable bonds is 6. The van der Waals surface area contributed by atoms with Crippen LogP contribution in [0.5, 0.6) is 0 Å². The zero-order chi connectivity index (χ0) is 14.4. The molecule has 0 heterocycles. The van der Waals surface area contributed by atoms with Crippen molar-refractivity contribution in [3.8, 4) is 0 Å². The van der Waals surface area contributed by atoms with Crippen LogP contribution in [0.4, 0.5) is 0 Å². The molecule has 0 bridgehead atoms. The van der Waals surface area contributed by atoms with Gasteiger partial charge in [0, 0.05) is 0 Å². The average molecular weight is 344 g/mol. The van der Waals surface area contributed by atoms with Crippen molar-refractivity contribution in [3.63, 3.8) is 0 Å². The van der Waals surface area contributed by atoms with Crippen LogP contribution >= 0.6 is 7.92 Å². The van der Waals surface area contributed by atoms with Crippen LogP contribution in [0, 0.1) is 0 Å². The summed E-state index contributed by atoms with van der Waals surface area (Å²) in [6.07, 6.45) is 15.4. The summed E-state index contributed by atoms with van der Waals surface area (Å²) in [5.41, 5.74) is 1.76. The van der Waals surface area contributed by atoms with Crippen molar-refractivity contribution in [3.05, 3.63) is 0 Å². The van der Waals surface area contributed by atoms with Crippen molar-refractivity contribution in [1.29, 1.82) is 0 Å². The van der Waals surface area contributed by atoms with E-state index in [2.05, 4.69) is 0 Å². The van der Waals surface area contributed by atoms with E-state index in [1.807, 2.05) is 0 Å². The minimum absolute atomic E-state index is 0. The van der Waals surface area contributed by atoms with Crippen molar-refractivity contribution in [2.75, 3.05) is 11.9 Å². The summed E-state index contributed by atoms with van der Waals surface area (Å²) in [5.74, 6) is -0.0364. The molecular weight excluding hydrogens is 314 g/mol. The molecule has 21 heavy (non-hydrogen) atoms. The van der Waals surface area contributed by atoms with Crippen LogP contribution < -0.4 is 29.6 Å². The van der Waals surface area contributed by atoms with Gasteiger partial charge >= 0.3 is 29.6 Å². The van der Waals surface area contributed by atoms with Gasteiger partial charge < -0.3 is 1.43 Å². The maximum atomic E-state index is 10.9. The summed E-state index contributed by atoms with van der Waals surface area (Å²) in [6, 6.07) is 0. The Morgan fingerprint density at radius 3 is 1.71 bits per heavy atom. The van der Waals surface area contributed by atoms with Crippen LogP contribution in [-0.4, -0.2) is 36.2 Å². The summed E-state index contributed by atoms with van der Waals surface area (Å²) in [5, 5.41) is 0. The van der Waals surface area contributed by atoms with Crippen molar-refractivity contribution < 1.29 is 44.0 Å². The van der Waals surface area contributed by atoms with E-state index in [0.717, 1.165) is 17.5 Å². The molecule has 6 heteroatoms. The Morgan fingerprint density at radius 2 is 1.33 bits per heavy atom. The van der Waals surface area contributed by atoms with E-state index in [1.165, 1.54) is 64.2 Å². The minimum atomic E-state index is -3.77. The van der Waals surface area contributed by atoms with Gasteiger partial charge in [-0.05, 0) is 49.6 Å². The topological polar surface area (TPSA) is 54.4 Å². The molecule has 2 saturated carbocycles. The third-order valence-corrected chi connectivity index (χ3v) is 9.45. The van der Waals surface area contributed by atoms with E-state index < -0.39 is 10.1 Å². The minimum Gasteiger partial charge on any atom is -1.00 e. The van der Waals surface area contributed by atoms with E-state index in [1.54, 1.807) is 0 Å². The van der Waals surface area contributed by atoms with E-state index in [0.29, 0.717) is 6.42 Å². The first kappa shape index (κ1) is 20.4. The van der Waals surface area contributed by atoms with Gasteiger partial charge in [0.15, 0.2) is 0 Å². The Hall–Kier alpha value is 1.34. The second-order valence-electron chi connectivity index (χ2n) is 6.46. The van der Waals surface area contributed by atoms with Gasteiger partial charge in [-0.3, -0.25) is 4.55 Å². The van der Waals surface area contributed by atoms with Gasteiger partial charge in [-0.2, -0.15) is 8.42 Å². The van der Waals surface area contributed by atoms with Crippen LogP contribution in [0.2, 0.25) is 0 Å². The summed E-state index contributed by atoms with van der Waals surface area (Å²) in [6.45, 7) is 0. The molecule has 0 atom stereocenters. The Balaban J connectivity index is 0.00000220.